The molecule has 128 valence electrons. The van der Waals surface area contributed by atoms with E-state index in [1.165, 1.54) is 11.0 Å². The van der Waals surface area contributed by atoms with Gasteiger partial charge in [0.05, 0.1) is 12.6 Å². The van der Waals surface area contributed by atoms with Crippen LogP contribution in [0, 0.1) is 12.7 Å². The average molecular weight is 331 g/mol. The summed E-state index contributed by atoms with van der Waals surface area (Å²) in [7, 11) is 1.65. The number of fused-ring (bicyclic) bond motifs is 1. The van der Waals surface area contributed by atoms with Crippen molar-refractivity contribution >= 4 is 5.91 Å². The van der Waals surface area contributed by atoms with Crippen molar-refractivity contribution in [1.29, 1.82) is 0 Å². The van der Waals surface area contributed by atoms with E-state index in [-0.39, 0.29) is 24.4 Å². The number of likely N-dealkylation sites (N-methyl/N-ethyl adjacent to an activating group) is 1. The maximum absolute atomic E-state index is 14.4. The fraction of sp³-hybridized carbons (Fsp3) is 0.444. The SMILES string of the molecule is Cc1ccc(-n2nc(C(=O)N(C)C(C)CO)c3c2CCC3)c(F)c1. The van der Waals surface area contributed by atoms with Crippen molar-refractivity contribution in [3.63, 3.8) is 0 Å². The van der Waals surface area contributed by atoms with Crippen LogP contribution in [0.25, 0.3) is 5.69 Å². The Hall–Kier alpha value is -2.21. The van der Waals surface area contributed by atoms with Crippen molar-refractivity contribution in [3.8, 4) is 5.69 Å². The number of hydrogen-bond donors (Lipinski definition) is 1. The van der Waals surface area contributed by atoms with Gasteiger partial charge in [-0.3, -0.25) is 4.79 Å². The summed E-state index contributed by atoms with van der Waals surface area (Å²) in [6, 6.07) is 4.71. The summed E-state index contributed by atoms with van der Waals surface area (Å²) >= 11 is 0. The minimum Gasteiger partial charge on any atom is -0.394 e. The highest BCUT2D eigenvalue weighted by atomic mass is 19.1. The van der Waals surface area contributed by atoms with Crippen LogP contribution >= 0.6 is 0 Å². The molecule has 3 rings (SSSR count). The van der Waals surface area contributed by atoms with Gasteiger partial charge in [-0.15, -0.1) is 0 Å². The van der Waals surface area contributed by atoms with Crippen LogP contribution in [0.1, 0.15) is 40.7 Å². The first kappa shape index (κ1) is 16.6. The number of aromatic nitrogens is 2. The molecule has 0 saturated carbocycles. The van der Waals surface area contributed by atoms with E-state index in [2.05, 4.69) is 5.10 Å². The zero-order valence-electron chi connectivity index (χ0n) is 14.2. The van der Waals surface area contributed by atoms with Crippen molar-refractivity contribution in [1.82, 2.24) is 14.7 Å². The molecular formula is C18H22FN3O2. The van der Waals surface area contributed by atoms with Gasteiger partial charge in [-0.1, -0.05) is 6.07 Å². The largest absolute Gasteiger partial charge is 0.394 e. The summed E-state index contributed by atoms with van der Waals surface area (Å²) in [4.78, 5) is 14.2. The van der Waals surface area contributed by atoms with Crippen LogP contribution < -0.4 is 0 Å². The van der Waals surface area contributed by atoms with E-state index >= 15 is 0 Å². The molecule has 0 bridgehead atoms. The molecule has 0 radical (unpaired) electrons. The number of benzene rings is 1. The monoisotopic (exact) mass is 331 g/mol. The zero-order chi connectivity index (χ0) is 17.4. The first-order chi connectivity index (χ1) is 11.4. The Labute approximate surface area is 140 Å². The third kappa shape index (κ3) is 2.71. The molecule has 5 nitrogen and oxygen atoms in total. The fourth-order valence-corrected chi connectivity index (χ4v) is 3.08. The summed E-state index contributed by atoms with van der Waals surface area (Å²) in [5.74, 6) is -0.579. The molecule has 1 unspecified atom stereocenters. The average Bonchev–Trinajstić information content (AvgIpc) is 3.15. The molecule has 0 fully saturated rings. The molecular weight excluding hydrogens is 309 g/mol. The summed E-state index contributed by atoms with van der Waals surface area (Å²) in [5, 5.41) is 13.7. The Bertz CT molecular complexity index is 785. The van der Waals surface area contributed by atoms with Gasteiger partial charge >= 0.3 is 0 Å². The van der Waals surface area contributed by atoms with E-state index in [4.69, 9.17) is 0 Å². The molecule has 2 aromatic rings. The Balaban J connectivity index is 2.07. The first-order valence-electron chi connectivity index (χ1n) is 8.19. The molecule has 1 aliphatic rings. The third-order valence-corrected chi connectivity index (χ3v) is 4.71. The maximum atomic E-state index is 14.4. The predicted molar refractivity (Wildman–Crippen MR) is 88.9 cm³/mol. The van der Waals surface area contributed by atoms with Crippen LogP contribution in [0.2, 0.25) is 0 Å². The number of hydrogen-bond acceptors (Lipinski definition) is 3. The maximum Gasteiger partial charge on any atom is 0.274 e. The molecule has 1 amide bonds. The van der Waals surface area contributed by atoms with E-state index in [0.717, 1.165) is 36.1 Å². The lowest BCUT2D eigenvalue weighted by atomic mass is 10.1. The second-order valence-corrected chi connectivity index (χ2v) is 6.44. The van der Waals surface area contributed by atoms with E-state index in [1.54, 1.807) is 24.7 Å². The van der Waals surface area contributed by atoms with Gasteiger partial charge in [-0.25, -0.2) is 9.07 Å². The highest BCUT2D eigenvalue weighted by Gasteiger charge is 2.30. The van der Waals surface area contributed by atoms with Gasteiger partial charge in [0.1, 0.15) is 11.5 Å². The Kier molecular flexibility index (Phi) is 4.41. The van der Waals surface area contributed by atoms with Gasteiger partial charge in [-0.05, 0) is 50.8 Å². The van der Waals surface area contributed by atoms with Crippen LogP contribution in [0.15, 0.2) is 18.2 Å². The molecule has 0 spiro atoms. The van der Waals surface area contributed by atoms with Crippen molar-refractivity contribution in [2.45, 2.75) is 39.2 Å². The first-order valence-corrected chi connectivity index (χ1v) is 8.19. The van der Waals surface area contributed by atoms with Crippen LogP contribution in [-0.2, 0) is 12.8 Å². The molecule has 1 heterocycles. The lowest BCUT2D eigenvalue weighted by Gasteiger charge is -2.22. The van der Waals surface area contributed by atoms with Crippen molar-refractivity contribution in [2.75, 3.05) is 13.7 Å². The summed E-state index contributed by atoms with van der Waals surface area (Å²) in [6.45, 7) is 3.49. The Morgan fingerprint density at radius 1 is 1.46 bits per heavy atom. The second kappa shape index (κ2) is 6.36. The normalized spacial score (nSPS) is 14.5. The van der Waals surface area contributed by atoms with Crippen LogP contribution in [0.4, 0.5) is 4.39 Å². The van der Waals surface area contributed by atoms with E-state index in [9.17, 15) is 14.3 Å². The number of aryl methyl sites for hydroxylation is 1. The zero-order valence-corrected chi connectivity index (χ0v) is 14.2. The number of rotatable bonds is 4. The molecule has 0 saturated heterocycles. The number of aliphatic hydroxyl groups excluding tert-OH is 1. The topological polar surface area (TPSA) is 58.4 Å². The standard InChI is InChI=1S/C18H22FN3O2/c1-11-7-8-16(14(19)9-11)22-15-6-4-5-13(15)17(20-22)18(24)21(3)12(2)10-23/h7-9,12,23H,4-6,10H2,1-3H3. The Morgan fingerprint density at radius 2 is 2.21 bits per heavy atom. The quantitative estimate of drug-likeness (QED) is 0.935. The molecule has 1 aromatic carbocycles. The van der Waals surface area contributed by atoms with Crippen molar-refractivity contribution in [2.24, 2.45) is 0 Å². The van der Waals surface area contributed by atoms with Gasteiger partial charge in [0.15, 0.2) is 5.69 Å². The van der Waals surface area contributed by atoms with E-state index in [1.807, 2.05) is 13.0 Å². The lowest BCUT2D eigenvalue weighted by molar-refractivity contribution is 0.0674. The lowest BCUT2D eigenvalue weighted by Crippen LogP contribution is -2.38. The number of aliphatic hydroxyl groups is 1. The minimum atomic E-state index is -0.344. The number of carbonyl (C=O) groups is 1. The van der Waals surface area contributed by atoms with Crippen molar-refractivity contribution in [3.05, 3.63) is 46.5 Å². The minimum absolute atomic E-state index is 0.113. The highest BCUT2D eigenvalue weighted by molar-refractivity contribution is 5.94. The molecule has 24 heavy (non-hydrogen) atoms. The summed E-state index contributed by atoms with van der Waals surface area (Å²) in [5.41, 5.74) is 3.39. The van der Waals surface area contributed by atoms with Gasteiger partial charge < -0.3 is 10.0 Å². The van der Waals surface area contributed by atoms with E-state index < -0.39 is 0 Å². The molecule has 0 aliphatic heterocycles. The van der Waals surface area contributed by atoms with Gasteiger partial charge in [0.2, 0.25) is 0 Å². The van der Waals surface area contributed by atoms with Crippen LogP contribution in [0.5, 0.6) is 0 Å². The second-order valence-electron chi connectivity index (χ2n) is 6.44. The van der Waals surface area contributed by atoms with E-state index in [0.29, 0.717) is 11.4 Å². The molecule has 1 atom stereocenters. The molecule has 1 aromatic heterocycles. The Morgan fingerprint density at radius 3 is 2.88 bits per heavy atom. The van der Waals surface area contributed by atoms with Crippen LogP contribution in [0.3, 0.4) is 0 Å². The predicted octanol–water partition coefficient (Wildman–Crippen LogP) is 2.26. The molecule has 1 aliphatic carbocycles. The van der Waals surface area contributed by atoms with Crippen LogP contribution in [-0.4, -0.2) is 45.4 Å². The van der Waals surface area contributed by atoms with Gasteiger partial charge in [0, 0.05) is 18.3 Å². The smallest absolute Gasteiger partial charge is 0.274 e. The van der Waals surface area contributed by atoms with Gasteiger partial charge in [-0.2, -0.15) is 5.10 Å². The number of carbonyl (C=O) groups excluding carboxylic acids is 1. The number of halogens is 1. The highest BCUT2D eigenvalue weighted by Crippen LogP contribution is 2.29. The van der Waals surface area contributed by atoms with Gasteiger partial charge in [0.25, 0.3) is 5.91 Å². The molecule has 6 heteroatoms. The fourth-order valence-electron chi connectivity index (χ4n) is 3.08. The molecule has 1 N–H and O–H groups in total. The number of amides is 1. The summed E-state index contributed by atoms with van der Waals surface area (Å²) in [6.07, 6.45) is 2.48. The number of nitrogens with zero attached hydrogens (tertiary/aromatic N) is 3. The summed E-state index contributed by atoms with van der Waals surface area (Å²) < 4.78 is 15.9. The third-order valence-electron chi connectivity index (χ3n) is 4.71. The van der Waals surface area contributed by atoms with Crippen molar-refractivity contribution < 1.29 is 14.3 Å².